The van der Waals surface area contributed by atoms with Gasteiger partial charge in [0.1, 0.15) is 0 Å². The summed E-state index contributed by atoms with van der Waals surface area (Å²) in [4.78, 5) is 13.8. The molecule has 1 saturated heterocycles. The van der Waals surface area contributed by atoms with Crippen LogP contribution in [0.2, 0.25) is 0 Å². The normalized spacial score (nSPS) is 26.7. The third kappa shape index (κ3) is 2.05. The number of rotatable bonds is 4. The molecule has 0 bridgehead atoms. The van der Waals surface area contributed by atoms with E-state index < -0.39 is 11.4 Å². The molecule has 2 rings (SSSR count). The first-order chi connectivity index (χ1) is 8.47. The van der Waals surface area contributed by atoms with Gasteiger partial charge in [-0.15, -0.1) is 0 Å². The lowest BCUT2D eigenvalue weighted by atomic mass is 9.76. The molecule has 2 atom stereocenters. The van der Waals surface area contributed by atoms with Crippen molar-refractivity contribution in [3.8, 4) is 0 Å². The number of nitrogens with zero attached hydrogens (tertiary/aromatic N) is 1. The fourth-order valence-corrected chi connectivity index (χ4v) is 2.81. The summed E-state index contributed by atoms with van der Waals surface area (Å²) in [6.45, 7) is 7.55. The molecule has 0 saturated carbocycles. The quantitative estimate of drug-likeness (QED) is 0.894. The number of aliphatic carboxylic acids is 1. The minimum absolute atomic E-state index is 0.150. The summed E-state index contributed by atoms with van der Waals surface area (Å²) in [5.41, 5.74) is 0.512. The molecule has 1 fully saturated rings. The molecule has 4 heteroatoms. The van der Waals surface area contributed by atoms with E-state index in [1.807, 2.05) is 19.9 Å². The van der Waals surface area contributed by atoms with E-state index in [1.54, 1.807) is 12.5 Å². The Kier molecular flexibility index (Phi) is 3.48. The van der Waals surface area contributed by atoms with Crippen molar-refractivity contribution in [3.63, 3.8) is 0 Å². The van der Waals surface area contributed by atoms with Crippen LogP contribution in [0.5, 0.6) is 0 Å². The first-order valence-electron chi connectivity index (χ1n) is 6.47. The number of hydrogen-bond acceptors (Lipinski definition) is 3. The maximum atomic E-state index is 11.6. The zero-order chi connectivity index (χ0) is 13.3. The summed E-state index contributed by atoms with van der Waals surface area (Å²) in [5.74, 6) is -0.518. The number of carboxylic acids is 1. The smallest absolute Gasteiger partial charge is 0.311 e. The van der Waals surface area contributed by atoms with Crippen molar-refractivity contribution in [2.75, 3.05) is 13.1 Å². The molecule has 0 aromatic carbocycles. The van der Waals surface area contributed by atoms with E-state index in [-0.39, 0.29) is 12.0 Å². The van der Waals surface area contributed by atoms with Crippen molar-refractivity contribution in [2.45, 2.75) is 33.2 Å². The first-order valence-corrected chi connectivity index (χ1v) is 6.47. The van der Waals surface area contributed by atoms with E-state index in [0.29, 0.717) is 6.54 Å². The molecule has 1 aromatic heterocycles. The van der Waals surface area contributed by atoms with Crippen LogP contribution in [0.4, 0.5) is 0 Å². The molecule has 0 radical (unpaired) electrons. The zero-order valence-corrected chi connectivity index (χ0v) is 11.2. The Bertz CT molecular complexity index is 413. The fraction of sp³-hybridized carbons (Fsp3) is 0.643. The summed E-state index contributed by atoms with van der Waals surface area (Å²) < 4.78 is 5.10. The highest BCUT2D eigenvalue weighted by molar-refractivity contribution is 5.75. The van der Waals surface area contributed by atoms with Gasteiger partial charge in [-0.1, -0.05) is 13.8 Å². The Morgan fingerprint density at radius 1 is 1.50 bits per heavy atom. The molecule has 1 aromatic rings. The molecular formula is C14H21NO3. The van der Waals surface area contributed by atoms with Crippen molar-refractivity contribution in [3.05, 3.63) is 24.2 Å². The average molecular weight is 251 g/mol. The Balaban J connectivity index is 2.14. The van der Waals surface area contributed by atoms with Gasteiger partial charge >= 0.3 is 5.97 Å². The van der Waals surface area contributed by atoms with Gasteiger partial charge in [-0.3, -0.25) is 9.69 Å². The highest BCUT2D eigenvalue weighted by Gasteiger charge is 2.48. The standard InChI is InChI=1S/C14H21NO3/c1-10(2)14(13(16)17)5-6-15(9-14)11(3)12-4-7-18-8-12/h4,7-8,10-11H,5-6,9H2,1-3H3,(H,16,17). The molecule has 100 valence electrons. The third-order valence-corrected chi connectivity index (χ3v) is 4.43. The van der Waals surface area contributed by atoms with Gasteiger partial charge in [-0.05, 0) is 31.9 Å². The van der Waals surface area contributed by atoms with Gasteiger partial charge in [-0.2, -0.15) is 0 Å². The van der Waals surface area contributed by atoms with Crippen LogP contribution in [0.1, 0.15) is 38.8 Å². The first kappa shape index (κ1) is 13.1. The van der Waals surface area contributed by atoms with Gasteiger partial charge in [0.15, 0.2) is 0 Å². The molecule has 1 aliphatic rings. The van der Waals surface area contributed by atoms with Crippen LogP contribution < -0.4 is 0 Å². The maximum absolute atomic E-state index is 11.6. The van der Waals surface area contributed by atoms with E-state index in [4.69, 9.17) is 4.42 Å². The van der Waals surface area contributed by atoms with Gasteiger partial charge in [0, 0.05) is 18.2 Å². The van der Waals surface area contributed by atoms with Gasteiger partial charge in [0.2, 0.25) is 0 Å². The average Bonchev–Trinajstić information content (AvgIpc) is 2.98. The Morgan fingerprint density at radius 2 is 2.22 bits per heavy atom. The van der Waals surface area contributed by atoms with Crippen LogP contribution in [0.15, 0.2) is 23.0 Å². The topological polar surface area (TPSA) is 53.7 Å². The van der Waals surface area contributed by atoms with Gasteiger partial charge in [0.05, 0.1) is 17.9 Å². The minimum Gasteiger partial charge on any atom is -0.481 e. The lowest BCUT2D eigenvalue weighted by Crippen LogP contribution is -2.39. The third-order valence-electron chi connectivity index (χ3n) is 4.43. The van der Waals surface area contributed by atoms with Crippen LogP contribution in [-0.4, -0.2) is 29.1 Å². The SMILES string of the molecule is CC(c1ccoc1)N1CCC(C(=O)O)(C(C)C)C1. The number of furan rings is 1. The highest BCUT2D eigenvalue weighted by Crippen LogP contribution is 2.41. The van der Waals surface area contributed by atoms with E-state index in [9.17, 15) is 9.90 Å². The van der Waals surface area contributed by atoms with Crippen LogP contribution in [-0.2, 0) is 4.79 Å². The van der Waals surface area contributed by atoms with Crippen molar-refractivity contribution >= 4 is 5.97 Å². The van der Waals surface area contributed by atoms with E-state index in [1.165, 1.54) is 0 Å². The van der Waals surface area contributed by atoms with E-state index in [0.717, 1.165) is 18.5 Å². The van der Waals surface area contributed by atoms with Crippen LogP contribution in [0.25, 0.3) is 0 Å². The van der Waals surface area contributed by atoms with E-state index in [2.05, 4.69) is 11.8 Å². The largest absolute Gasteiger partial charge is 0.481 e. The van der Waals surface area contributed by atoms with Crippen molar-refractivity contribution < 1.29 is 14.3 Å². The lowest BCUT2D eigenvalue weighted by Gasteiger charge is -2.30. The number of likely N-dealkylation sites (tertiary alicyclic amines) is 1. The summed E-state index contributed by atoms with van der Waals surface area (Å²) in [7, 11) is 0. The predicted octanol–water partition coefficient (Wildman–Crippen LogP) is 2.77. The van der Waals surface area contributed by atoms with Crippen LogP contribution >= 0.6 is 0 Å². The van der Waals surface area contributed by atoms with Gasteiger partial charge in [0.25, 0.3) is 0 Å². The molecule has 18 heavy (non-hydrogen) atoms. The molecule has 1 aliphatic heterocycles. The fourth-order valence-electron chi connectivity index (χ4n) is 2.81. The summed E-state index contributed by atoms with van der Waals surface area (Å²) in [6.07, 6.45) is 4.12. The Morgan fingerprint density at radius 3 is 2.67 bits per heavy atom. The number of carbonyl (C=O) groups is 1. The zero-order valence-electron chi connectivity index (χ0n) is 11.2. The van der Waals surface area contributed by atoms with Gasteiger partial charge in [-0.25, -0.2) is 0 Å². The molecule has 1 N–H and O–H groups in total. The number of carboxylic acid groups (broad SMARTS) is 1. The van der Waals surface area contributed by atoms with Crippen molar-refractivity contribution in [2.24, 2.45) is 11.3 Å². The molecule has 2 heterocycles. The maximum Gasteiger partial charge on any atom is 0.311 e. The summed E-state index contributed by atoms with van der Waals surface area (Å²) in [6, 6.07) is 2.16. The second kappa shape index (κ2) is 4.76. The molecule has 0 spiro atoms. The molecule has 4 nitrogen and oxygen atoms in total. The molecule has 2 unspecified atom stereocenters. The monoisotopic (exact) mass is 251 g/mol. The van der Waals surface area contributed by atoms with Crippen molar-refractivity contribution in [1.29, 1.82) is 0 Å². The van der Waals surface area contributed by atoms with Crippen LogP contribution in [0.3, 0.4) is 0 Å². The minimum atomic E-state index is -0.667. The predicted molar refractivity (Wildman–Crippen MR) is 68.2 cm³/mol. The van der Waals surface area contributed by atoms with Gasteiger partial charge < -0.3 is 9.52 Å². The number of hydrogen-bond donors (Lipinski definition) is 1. The molecule has 0 amide bonds. The highest BCUT2D eigenvalue weighted by atomic mass is 16.4. The van der Waals surface area contributed by atoms with Crippen molar-refractivity contribution in [1.82, 2.24) is 4.90 Å². The molecule has 0 aliphatic carbocycles. The summed E-state index contributed by atoms with van der Waals surface area (Å²) in [5, 5.41) is 9.52. The molecular weight excluding hydrogens is 230 g/mol. The second-order valence-corrected chi connectivity index (χ2v) is 5.57. The summed E-state index contributed by atoms with van der Waals surface area (Å²) >= 11 is 0. The Labute approximate surface area is 108 Å². The Hall–Kier alpha value is -1.29. The van der Waals surface area contributed by atoms with Crippen LogP contribution in [0, 0.1) is 11.3 Å². The van der Waals surface area contributed by atoms with E-state index >= 15 is 0 Å². The lowest BCUT2D eigenvalue weighted by molar-refractivity contribution is -0.151. The second-order valence-electron chi connectivity index (χ2n) is 5.57.